The number of benzene rings is 1. The van der Waals surface area contributed by atoms with Crippen molar-refractivity contribution >= 4 is 11.7 Å². The number of hydrogen-bond acceptors (Lipinski definition) is 4. The highest BCUT2D eigenvalue weighted by Crippen LogP contribution is 2.13. The Kier molecular flexibility index (Phi) is 8.45. The van der Waals surface area contributed by atoms with Gasteiger partial charge in [-0.3, -0.25) is 19.0 Å². The van der Waals surface area contributed by atoms with Gasteiger partial charge in [-0.1, -0.05) is 49.7 Å². The average molecular weight is 370 g/mol. The molecule has 0 radical (unpaired) electrons. The molecule has 0 saturated carbocycles. The minimum Gasteiger partial charge on any atom is -0.381 e. The van der Waals surface area contributed by atoms with E-state index in [-0.39, 0.29) is 0 Å². The summed E-state index contributed by atoms with van der Waals surface area (Å²) in [6.45, 7) is 3.73. The Labute approximate surface area is 159 Å². The number of unbranched alkanes of at least 4 members (excludes halogenated alkanes) is 1. The van der Waals surface area contributed by atoms with Crippen LogP contribution in [0.15, 0.2) is 59.5 Å². The van der Waals surface area contributed by atoms with E-state index in [0.717, 1.165) is 12.8 Å². The van der Waals surface area contributed by atoms with E-state index >= 15 is 0 Å². The first-order valence-corrected chi connectivity index (χ1v) is 9.27. The maximum Gasteiger partial charge on any atom is 0.251 e. The molecule has 2 rings (SSSR count). The van der Waals surface area contributed by atoms with Gasteiger partial charge in [0, 0.05) is 37.6 Å². The number of rotatable bonds is 11. The van der Waals surface area contributed by atoms with Gasteiger partial charge in [0.15, 0.2) is 11.8 Å². The van der Waals surface area contributed by atoms with Crippen molar-refractivity contribution < 1.29 is 14.3 Å². The minimum absolute atomic E-state index is 0.380. The molecule has 1 aromatic heterocycles. The summed E-state index contributed by atoms with van der Waals surface area (Å²) in [6, 6.07) is 11.8. The summed E-state index contributed by atoms with van der Waals surface area (Å²) in [5, 5.41) is 2.75. The number of nitrogens with one attached hydrogen (secondary N) is 1. The van der Waals surface area contributed by atoms with E-state index in [9.17, 15) is 14.4 Å². The molecule has 6 nitrogen and oxygen atoms in total. The van der Waals surface area contributed by atoms with Gasteiger partial charge in [-0.15, -0.1) is 0 Å². The van der Waals surface area contributed by atoms with Crippen LogP contribution >= 0.6 is 0 Å². The van der Waals surface area contributed by atoms with Crippen molar-refractivity contribution in [2.75, 3.05) is 19.8 Å². The van der Waals surface area contributed by atoms with Crippen LogP contribution in [0.5, 0.6) is 0 Å². The van der Waals surface area contributed by atoms with Gasteiger partial charge in [-0.25, -0.2) is 0 Å². The Bertz CT molecular complexity index is 786. The summed E-state index contributed by atoms with van der Waals surface area (Å²) in [5.74, 6) is -0.911. The predicted octanol–water partition coefficient (Wildman–Crippen LogP) is 2.60. The highest BCUT2D eigenvalue weighted by Gasteiger charge is 2.29. The number of ketones is 1. The molecule has 0 bridgehead atoms. The first-order chi connectivity index (χ1) is 13.1. The lowest BCUT2D eigenvalue weighted by atomic mass is 10.0. The van der Waals surface area contributed by atoms with Crippen LogP contribution in [0.3, 0.4) is 0 Å². The van der Waals surface area contributed by atoms with E-state index in [4.69, 9.17) is 4.74 Å². The molecule has 2 aromatic rings. The molecule has 0 aliphatic carbocycles. The summed E-state index contributed by atoms with van der Waals surface area (Å²) in [4.78, 5) is 37.8. The standard InChI is InChI=1S/C21H26N2O4/c1-2-3-15-27-16-9-13-22-21(26)19(23-14-8-7-12-18(23)24)20(25)17-10-5-4-6-11-17/h4-8,10-12,14,19H,2-3,9,13,15-16H2,1H3,(H,22,26). The zero-order chi connectivity index (χ0) is 19.5. The first-order valence-electron chi connectivity index (χ1n) is 9.27. The topological polar surface area (TPSA) is 77.4 Å². The molecule has 0 spiro atoms. The molecular formula is C21H26N2O4. The lowest BCUT2D eigenvalue weighted by molar-refractivity contribution is -0.123. The highest BCUT2D eigenvalue weighted by atomic mass is 16.5. The molecule has 1 amide bonds. The Morgan fingerprint density at radius 1 is 1.04 bits per heavy atom. The van der Waals surface area contributed by atoms with Crippen LogP contribution in [-0.2, 0) is 9.53 Å². The van der Waals surface area contributed by atoms with E-state index < -0.39 is 23.3 Å². The van der Waals surface area contributed by atoms with Gasteiger partial charge in [0.1, 0.15) is 0 Å². The lowest BCUT2D eigenvalue weighted by Crippen LogP contribution is -2.41. The molecular weight excluding hydrogens is 344 g/mol. The zero-order valence-corrected chi connectivity index (χ0v) is 15.6. The minimum atomic E-state index is -1.23. The van der Waals surface area contributed by atoms with E-state index in [1.807, 2.05) is 0 Å². The van der Waals surface area contributed by atoms with Crippen molar-refractivity contribution in [1.29, 1.82) is 0 Å². The van der Waals surface area contributed by atoms with Crippen molar-refractivity contribution in [2.24, 2.45) is 0 Å². The molecule has 0 aliphatic heterocycles. The number of carbonyl (C=O) groups excluding carboxylic acids is 2. The van der Waals surface area contributed by atoms with Gasteiger partial charge in [0.25, 0.3) is 11.5 Å². The van der Waals surface area contributed by atoms with Crippen LogP contribution in [0, 0.1) is 0 Å². The number of pyridine rings is 1. The number of amides is 1. The molecule has 0 fully saturated rings. The number of hydrogen-bond donors (Lipinski definition) is 1. The summed E-state index contributed by atoms with van der Waals surface area (Å²) in [5.41, 5.74) is -0.0128. The molecule has 144 valence electrons. The SMILES string of the molecule is CCCCOCCCNC(=O)C(C(=O)c1ccccc1)n1ccccc1=O. The normalized spacial score (nSPS) is 11.7. The van der Waals surface area contributed by atoms with Gasteiger partial charge in [0.2, 0.25) is 0 Å². The molecule has 27 heavy (non-hydrogen) atoms. The summed E-state index contributed by atoms with van der Waals surface area (Å²) in [6.07, 6.45) is 4.19. The van der Waals surface area contributed by atoms with Crippen LogP contribution in [0.4, 0.5) is 0 Å². The number of aromatic nitrogens is 1. The fourth-order valence-corrected chi connectivity index (χ4v) is 2.62. The van der Waals surface area contributed by atoms with Crippen molar-refractivity contribution in [1.82, 2.24) is 9.88 Å². The molecule has 0 saturated heterocycles. The van der Waals surface area contributed by atoms with Gasteiger partial charge in [-0.05, 0) is 18.9 Å². The Morgan fingerprint density at radius 2 is 1.74 bits per heavy atom. The van der Waals surface area contributed by atoms with E-state index in [1.54, 1.807) is 42.5 Å². The van der Waals surface area contributed by atoms with Gasteiger partial charge >= 0.3 is 0 Å². The average Bonchev–Trinajstić information content (AvgIpc) is 2.69. The van der Waals surface area contributed by atoms with Crippen molar-refractivity contribution in [3.8, 4) is 0 Å². The Balaban J connectivity index is 2.06. The van der Waals surface area contributed by atoms with Gasteiger partial charge < -0.3 is 10.1 Å². The van der Waals surface area contributed by atoms with Crippen LogP contribution in [0.1, 0.15) is 42.6 Å². The molecule has 1 aromatic carbocycles. The van der Waals surface area contributed by atoms with E-state index in [0.29, 0.717) is 31.7 Å². The zero-order valence-electron chi connectivity index (χ0n) is 15.6. The number of ether oxygens (including phenoxy) is 1. The molecule has 1 atom stereocenters. The number of carbonyl (C=O) groups is 2. The summed E-state index contributed by atoms with van der Waals surface area (Å²) < 4.78 is 6.63. The van der Waals surface area contributed by atoms with Crippen molar-refractivity contribution in [3.63, 3.8) is 0 Å². The highest BCUT2D eigenvalue weighted by molar-refractivity contribution is 6.11. The van der Waals surface area contributed by atoms with Crippen molar-refractivity contribution in [3.05, 3.63) is 70.6 Å². The van der Waals surface area contributed by atoms with Crippen LogP contribution < -0.4 is 10.9 Å². The maximum atomic E-state index is 12.9. The quantitative estimate of drug-likeness (QED) is 0.375. The number of nitrogens with zero attached hydrogens (tertiary/aromatic N) is 1. The Morgan fingerprint density at radius 3 is 2.44 bits per heavy atom. The number of Topliss-reactive ketones (excluding diaryl/α,β-unsaturated/α-hetero) is 1. The summed E-state index contributed by atoms with van der Waals surface area (Å²) >= 11 is 0. The third kappa shape index (κ3) is 6.18. The van der Waals surface area contributed by atoms with Crippen LogP contribution in [0.25, 0.3) is 0 Å². The second kappa shape index (κ2) is 11.1. The molecule has 1 unspecified atom stereocenters. The molecule has 0 aliphatic rings. The fourth-order valence-electron chi connectivity index (χ4n) is 2.62. The predicted molar refractivity (Wildman–Crippen MR) is 104 cm³/mol. The summed E-state index contributed by atoms with van der Waals surface area (Å²) in [7, 11) is 0. The third-order valence-electron chi connectivity index (χ3n) is 4.09. The molecule has 6 heteroatoms. The fraction of sp³-hybridized carbons (Fsp3) is 0.381. The van der Waals surface area contributed by atoms with E-state index in [1.165, 1.54) is 16.8 Å². The lowest BCUT2D eigenvalue weighted by Gasteiger charge is -2.18. The van der Waals surface area contributed by atoms with E-state index in [2.05, 4.69) is 12.2 Å². The largest absolute Gasteiger partial charge is 0.381 e. The third-order valence-corrected chi connectivity index (χ3v) is 4.09. The van der Waals surface area contributed by atoms with Gasteiger partial charge in [0.05, 0.1) is 0 Å². The molecule has 1 heterocycles. The maximum absolute atomic E-state index is 12.9. The molecule has 1 N–H and O–H groups in total. The van der Waals surface area contributed by atoms with Crippen LogP contribution in [-0.4, -0.2) is 36.0 Å². The first kappa shape index (κ1) is 20.6. The second-order valence-corrected chi connectivity index (χ2v) is 6.19. The Hall–Kier alpha value is -2.73. The van der Waals surface area contributed by atoms with Gasteiger partial charge in [-0.2, -0.15) is 0 Å². The second-order valence-electron chi connectivity index (χ2n) is 6.19. The monoisotopic (exact) mass is 370 g/mol. The smallest absolute Gasteiger partial charge is 0.251 e. The van der Waals surface area contributed by atoms with Crippen LogP contribution in [0.2, 0.25) is 0 Å². The van der Waals surface area contributed by atoms with Crippen molar-refractivity contribution in [2.45, 2.75) is 32.2 Å².